The van der Waals surface area contributed by atoms with E-state index in [0.717, 1.165) is 5.57 Å². The van der Waals surface area contributed by atoms with Gasteiger partial charge < -0.3 is 9.84 Å². The molecule has 104 valence electrons. The van der Waals surface area contributed by atoms with Gasteiger partial charge in [0.15, 0.2) is 0 Å². The molecule has 0 aliphatic rings. The number of rotatable bonds is 6. The first-order chi connectivity index (χ1) is 8.82. The molecule has 1 aromatic carbocycles. The quantitative estimate of drug-likeness (QED) is 0.490. The van der Waals surface area contributed by atoms with Gasteiger partial charge in [0.2, 0.25) is 5.75 Å². The average Bonchev–Trinajstić information content (AvgIpc) is 2.29. The van der Waals surface area contributed by atoms with Crippen molar-refractivity contribution in [1.82, 2.24) is 0 Å². The molecule has 0 aliphatic heterocycles. The summed E-state index contributed by atoms with van der Waals surface area (Å²) >= 11 is 3.19. The lowest BCUT2D eigenvalue weighted by Crippen LogP contribution is -2.06. The third-order valence-electron chi connectivity index (χ3n) is 2.48. The number of benzene rings is 1. The molecule has 0 aromatic heterocycles. The van der Waals surface area contributed by atoms with Crippen molar-refractivity contribution >= 4 is 21.6 Å². The van der Waals surface area contributed by atoms with Gasteiger partial charge in [-0.15, -0.1) is 6.58 Å². The number of hydrogen-bond donors (Lipinski definition) is 1. The third-order valence-corrected chi connectivity index (χ3v) is 2.94. The van der Waals surface area contributed by atoms with Crippen LogP contribution in [0.3, 0.4) is 0 Å². The van der Waals surface area contributed by atoms with Crippen molar-refractivity contribution in [2.45, 2.75) is 26.4 Å². The SMILES string of the molecule is C=C(C)CCOc1c([C@@H](C)O)cc(Br)cc1[N+](=O)[O-]. The van der Waals surface area contributed by atoms with Gasteiger partial charge in [0.25, 0.3) is 0 Å². The van der Waals surface area contributed by atoms with E-state index >= 15 is 0 Å². The molecule has 1 aromatic rings. The zero-order valence-corrected chi connectivity index (χ0v) is 12.4. The van der Waals surface area contributed by atoms with Crippen LogP contribution < -0.4 is 4.74 Å². The molecule has 1 rings (SSSR count). The molecule has 6 heteroatoms. The molecular weight excluding hydrogens is 314 g/mol. The third kappa shape index (κ3) is 4.33. The number of hydrogen-bond acceptors (Lipinski definition) is 4. The molecule has 0 unspecified atom stereocenters. The maximum absolute atomic E-state index is 11.1. The van der Waals surface area contributed by atoms with E-state index in [4.69, 9.17) is 4.74 Å². The van der Waals surface area contributed by atoms with E-state index in [1.807, 2.05) is 6.92 Å². The Kier molecular flexibility index (Phi) is 5.50. The predicted octanol–water partition coefficient (Wildman–Crippen LogP) is 3.76. The lowest BCUT2D eigenvalue weighted by molar-refractivity contribution is -0.386. The molecular formula is C13H16BrNO4. The topological polar surface area (TPSA) is 72.6 Å². The van der Waals surface area contributed by atoms with Crippen LogP contribution in [0.15, 0.2) is 28.8 Å². The second-order valence-corrected chi connectivity index (χ2v) is 5.25. The van der Waals surface area contributed by atoms with Gasteiger partial charge >= 0.3 is 5.69 Å². The second-order valence-electron chi connectivity index (χ2n) is 4.33. The minimum absolute atomic E-state index is 0.115. The fourth-order valence-electron chi connectivity index (χ4n) is 1.53. The fraction of sp³-hybridized carbons (Fsp3) is 0.385. The maximum atomic E-state index is 11.1. The number of halogens is 1. The summed E-state index contributed by atoms with van der Waals surface area (Å²) < 4.78 is 6.00. The van der Waals surface area contributed by atoms with Gasteiger partial charge in [-0.1, -0.05) is 21.5 Å². The Hall–Kier alpha value is -1.40. The van der Waals surface area contributed by atoms with Crippen LogP contribution in [-0.2, 0) is 0 Å². The highest BCUT2D eigenvalue weighted by Crippen LogP contribution is 2.37. The molecule has 0 radical (unpaired) electrons. The molecule has 5 nitrogen and oxygen atoms in total. The molecule has 1 atom stereocenters. The second kappa shape index (κ2) is 6.68. The van der Waals surface area contributed by atoms with Gasteiger partial charge in [0, 0.05) is 22.5 Å². The van der Waals surface area contributed by atoms with E-state index < -0.39 is 11.0 Å². The fourth-order valence-corrected chi connectivity index (χ4v) is 1.99. The van der Waals surface area contributed by atoms with Crippen LogP contribution in [0.25, 0.3) is 0 Å². The van der Waals surface area contributed by atoms with E-state index in [-0.39, 0.29) is 18.0 Å². The van der Waals surface area contributed by atoms with Crippen LogP contribution in [0.5, 0.6) is 5.75 Å². The first kappa shape index (κ1) is 15.7. The summed E-state index contributed by atoms with van der Waals surface area (Å²) in [6, 6.07) is 2.98. The van der Waals surface area contributed by atoms with Gasteiger partial charge in [-0.3, -0.25) is 10.1 Å². The Labute approximate surface area is 120 Å². The minimum Gasteiger partial charge on any atom is -0.486 e. The first-order valence-electron chi connectivity index (χ1n) is 5.76. The van der Waals surface area contributed by atoms with Crippen LogP contribution >= 0.6 is 15.9 Å². The van der Waals surface area contributed by atoms with E-state index in [9.17, 15) is 15.2 Å². The van der Waals surface area contributed by atoms with Crippen LogP contribution in [0.2, 0.25) is 0 Å². The zero-order valence-electron chi connectivity index (χ0n) is 10.9. The van der Waals surface area contributed by atoms with E-state index in [1.165, 1.54) is 13.0 Å². The monoisotopic (exact) mass is 329 g/mol. The van der Waals surface area contributed by atoms with Crippen LogP contribution in [0, 0.1) is 10.1 Å². The van der Waals surface area contributed by atoms with Crippen molar-refractivity contribution in [3.63, 3.8) is 0 Å². The summed E-state index contributed by atoms with van der Waals surface area (Å²) in [6.45, 7) is 7.43. The van der Waals surface area contributed by atoms with Gasteiger partial charge in [-0.25, -0.2) is 0 Å². The zero-order chi connectivity index (χ0) is 14.6. The summed E-state index contributed by atoms with van der Waals surface area (Å²) in [6.07, 6.45) is -0.247. The molecule has 19 heavy (non-hydrogen) atoms. The normalized spacial score (nSPS) is 12.0. The Bertz CT molecular complexity index is 500. The summed E-state index contributed by atoms with van der Waals surface area (Å²) in [7, 11) is 0. The lowest BCUT2D eigenvalue weighted by atomic mass is 10.1. The van der Waals surface area contributed by atoms with Crippen molar-refractivity contribution in [1.29, 1.82) is 0 Å². The molecule has 0 saturated carbocycles. The van der Waals surface area contributed by atoms with Crippen molar-refractivity contribution < 1.29 is 14.8 Å². The highest BCUT2D eigenvalue weighted by atomic mass is 79.9. The number of nitro groups is 1. The van der Waals surface area contributed by atoms with Crippen molar-refractivity contribution in [3.8, 4) is 5.75 Å². The Balaban J connectivity index is 3.15. The van der Waals surface area contributed by atoms with Crippen molar-refractivity contribution in [2.75, 3.05) is 6.61 Å². The summed E-state index contributed by atoms with van der Waals surface area (Å²) in [5, 5.41) is 20.8. The van der Waals surface area contributed by atoms with Crippen molar-refractivity contribution in [3.05, 3.63) is 44.4 Å². The summed E-state index contributed by atoms with van der Waals surface area (Å²) in [4.78, 5) is 10.5. The number of nitrogens with zero attached hydrogens (tertiary/aromatic N) is 1. The molecule has 0 saturated heterocycles. The van der Waals surface area contributed by atoms with E-state index in [2.05, 4.69) is 22.5 Å². The standard InChI is InChI=1S/C13H16BrNO4/c1-8(2)4-5-19-13-11(9(3)16)6-10(14)7-12(13)15(17)18/h6-7,9,16H,1,4-5H2,2-3H3/t9-/m1/s1. The molecule has 0 bridgehead atoms. The van der Waals surface area contributed by atoms with Crippen LogP contribution in [0.4, 0.5) is 5.69 Å². The molecule has 0 amide bonds. The summed E-state index contributed by atoms with van der Waals surface area (Å²) in [5.74, 6) is 0.115. The van der Waals surface area contributed by atoms with Crippen LogP contribution in [-0.4, -0.2) is 16.6 Å². The molecule has 0 fully saturated rings. The highest BCUT2D eigenvalue weighted by Gasteiger charge is 2.23. The van der Waals surface area contributed by atoms with Gasteiger partial charge in [0.05, 0.1) is 17.6 Å². The maximum Gasteiger partial charge on any atom is 0.312 e. The van der Waals surface area contributed by atoms with Crippen molar-refractivity contribution in [2.24, 2.45) is 0 Å². The van der Waals surface area contributed by atoms with Gasteiger partial charge in [-0.05, 0) is 19.9 Å². The van der Waals surface area contributed by atoms with E-state index in [1.54, 1.807) is 6.07 Å². The molecule has 0 spiro atoms. The number of ether oxygens (including phenoxy) is 1. The molecule has 0 heterocycles. The Morgan fingerprint density at radius 3 is 2.74 bits per heavy atom. The Morgan fingerprint density at radius 1 is 1.63 bits per heavy atom. The first-order valence-corrected chi connectivity index (χ1v) is 6.55. The Morgan fingerprint density at radius 2 is 2.26 bits per heavy atom. The number of aliphatic hydroxyl groups excluding tert-OH is 1. The largest absolute Gasteiger partial charge is 0.486 e. The smallest absolute Gasteiger partial charge is 0.312 e. The van der Waals surface area contributed by atoms with E-state index in [0.29, 0.717) is 16.5 Å². The average molecular weight is 330 g/mol. The van der Waals surface area contributed by atoms with Gasteiger partial charge in [0.1, 0.15) is 0 Å². The molecule has 0 aliphatic carbocycles. The molecule has 1 N–H and O–H groups in total. The number of aliphatic hydroxyl groups is 1. The van der Waals surface area contributed by atoms with Crippen LogP contribution in [0.1, 0.15) is 31.9 Å². The lowest BCUT2D eigenvalue weighted by Gasteiger charge is -2.14. The predicted molar refractivity (Wildman–Crippen MR) is 76.4 cm³/mol. The van der Waals surface area contributed by atoms with Gasteiger partial charge in [-0.2, -0.15) is 0 Å². The highest BCUT2D eigenvalue weighted by molar-refractivity contribution is 9.10. The summed E-state index contributed by atoms with van der Waals surface area (Å²) in [5.41, 5.74) is 1.16. The minimum atomic E-state index is -0.851. The number of nitro benzene ring substituents is 1.